The van der Waals surface area contributed by atoms with Crippen molar-refractivity contribution >= 4 is 162 Å². The number of aryl methyl sites for hydroxylation is 2. The largest absolute Gasteiger partial charge is 0.0683 e. The Kier molecular flexibility index (Phi) is 23.7. The molecule has 0 aliphatic heterocycles. The third-order valence-corrected chi connectivity index (χ3v) is 19.3. The van der Waals surface area contributed by atoms with E-state index in [1.807, 2.05) is 55.4 Å². The fourth-order valence-electron chi connectivity index (χ4n) is 14.7. The van der Waals surface area contributed by atoms with Crippen molar-refractivity contribution in [3.63, 3.8) is 0 Å². The molecule has 0 heterocycles. The average Bonchev–Trinajstić information content (AvgIpc) is 0.728. The van der Waals surface area contributed by atoms with Crippen LogP contribution in [0.25, 0.3) is 162 Å². The summed E-state index contributed by atoms with van der Waals surface area (Å²) in [6.07, 6.45) is 0. The highest BCUT2D eigenvalue weighted by atomic mass is 14.2. The molecule has 0 bridgehead atoms. The fraction of sp³-hybridized carbons (Fsp3) is 0.0962. The molecular weight excluding hydrogens is 1250 g/mol. The lowest BCUT2D eigenvalue weighted by atomic mass is 9.90. The molecule has 0 saturated heterocycles. The minimum atomic E-state index is 1.31. The van der Waals surface area contributed by atoms with Crippen molar-refractivity contribution in [2.45, 2.75) is 69.2 Å². The van der Waals surface area contributed by atoms with E-state index in [4.69, 9.17) is 0 Å². The minimum absolute atomic E-state index is 1.31. The molecule has 0 radical (unpaired) electrons. The van der Waals surface area contributed by atoms with Crippen molar-refractivity contribution in [2.75, 3.05) is 0 Å². The maximum atomic E-state index is 2.32. The summed E-state index contributed by atoms with van der Waals surface area (Å²) in [6.45, 7) is 20.4. The van der Waals surface area contributed by atoms with Crippen LogP contribution in [0, 0.1) is 13.8 Å². The van der Waals surface area contributed by atoms with E-state index < -0.39 is 0 Å². The van der Waals surface area contributed by atoms with Gasteiger partial charge in [-0.2, -0.15) is 0 Å². The van der Waals surface area contributed by atoms with E-state index in [-0.39, 0.29) is 0 Å². The predicted molar refractivity (Wildman–Crippen MR) is 467 cm³/mol. The molecule has 21 rings (SSSR count). The summed E-state index contributed by atoms with van der Waals surface area (Å²) in [7, 11) is 0. The Bertz CT molecular complexity index is 5820. The zero-order chi connectivity index (χ0) is 72.3. The van der Waals surface area contributed by atoms with Gasteiger partial charge in [-0.15, -0.1) is 0 Å². The van der Waals surface area contributed by atoms with Crippen LogP contribution < -0.4 is 0 Å². The highest BCUT2D eigenvalue weighted by Gasteiger charge is 2.13. The molecule has 0 unspecified atom stereocenters. The zero-order valence-corrected chi connectivity index (χ0v) is 61.8. The van der Waals surface area contributed by atoms with Crippen molar-refractivity contribution < 1.29 is 0 Å². The van der Waals surface area contributed by atoms with Gasteiger partial charge in [0.25, 0.3) is 0 Å². The summed E-state index contributed by atoms with van der Waals surface area (Å²) in [4.78, 5) is 0. The van der Waals surface area contributed by atoms with Gasteiger partial charge in [-0.05, 0) is 205 Å². The van der Waals surface area contributed by atoms with Gasteiger partial charge in [0.1, 0.15) is 0 Å². The molecule has 0 fully saturated rings. The van der Waals surface area contributed by atoms with Crippen molar-refractivity contribution in [2.24, 2.45) is 0 Å². The molecule has 0 heteroatoms. The van der Waals surface area contributed by atoms with Gasteiger partial charge in [0.05, 0.1) is 0 Å². The SMILES string of the molecule is CC.CC.CC.CC.Cc1c2ccccc2cc2ccccc12.Cc1cc2c3ccccc3ccc2c2ccccc12.c1cc2cccc3c4cccc5cccc(c(c1)c23)c54.c1ccc2c(c1)c1ccccc1c1ccccc21.c1ccc2cc3ccccc3cc2c1.c1ccc2ccccc2c1. The van der Waals surface area contributed by atoms with E-state index in [0.717, 1.165) is 0 Å². The van der Waals surface area contributed by atoms with Gasteiger partial charge in [0, 0.05) is 0 Å². The fourth-order valence-corrected chi connectivity index (χ4v) is 14.7. The van der Waals surface area contributed by atoms with Gasteiger partial charge < -0.3 is 0 Å². The van der Waals surface area contributed by atoms with Crippen LogP contribution in [-0.2, 0) is 0 Å². The molecule has 0 aromatic heterocycles. The predicted octanol–water partition coefficient (Wildman–Crippen LogP) is 31.6. The highest BCUT2D eigenvalue weighted by molar-refractivity contribution is 6.33. The summed E-state index contributed by atoms with van der Waals surface area (Å²) >= 11 is 0. The van der Waals surface area contributed by atoms with E-state index in [9.17, 15) is 0 Å². The van der Waals surface area contributed by atoms with Gasteiger partial charge in [0.2, 0.25) is 0 Å². The lowest BCUT2D eigenvalue weighted by molar-refractivity contribution is 1.50. The second kappa shape index (κ2) is 34.4. The lowest BCUT2D eigenvalue weighted by Gasteiger charge is -2.13. The molecule has 21 aromatic carbocycles. The number of rotatable bonds is 0. The molecule has 0 nitrogen and oxygen atoms in total. The summed E-state index contributed by atoms with van der Waals surface area (Å²) in [5, 5.41) is 40.2. The number of fused-ring (bicyclic) bond motifs is 18. The topological polar surface area (TPSA) is 0 Å². The standard InChI is InChI=1S/C20H12.C19H14.C18H12.C15H12.C14H10.C10H8.4C2H6/c1-5-13-6-2-11-17-18-12-4-8-14-7-3-10-16(20(14)18)15(9-1)19(13)17;1-13-12-19-16-8-3-2-6-14(16)10-11-18(19)17-9-5-4-7-15(13)17;1-2-8-14-13(7-1)15-9-3-4-11-17(15)18-12-6-5-10-16(14)18;1-11-14-8-4-2-6-12(14)10-13-7-3-5-9-15(11)13;1-2-6-12-10-14-8-4-3-7-13(14)9-11(12)5-1;1-2-6-10-8-4-3-7-9(10)5-1;4*1-2/h1-12H;2-12H,1H3;1-12H;2-10H,1H3;1-10H;1-8H;4*1-2H3. The van der Waals surface area contributed by atoms with Crippen LogP contribution in [0.15, 0.2) is 376 Å². The second-order valence-corrected chi connectivity index (χ2v) is 25.0. The molecular formula is C104H92. The first-order valence-corrected chi connectivity index (χ1v) is 37.3. The van der Waals surface area contributed by atoms with Crippen LogP contribution in [0.3, 0.4) is 0 Å². The normalized spacial score (nSPS) is 10.6. The van der Waals surface area contributed by atoms with E-state index in [1.54, 1.807) is 0 Å². The molecule has 0 saturated carbocycles. The minimum Gasteiger partial charge on any atom is -0.0683 e. The van der Waals surface area contributed by atoms with Crippen LogP contribution in [0.2, 0.25) is 0 Å². The van der Waals surface area contributed by atoms with Crippen LogP contribution in [0.1, 0.15) is 66.5 Å². The maximum absolute atomic E-state index is 2.32. The molecule has 0 atom stereocenters. The Hall–Kier alpha value is -12.2. The molecule has 0 N–H and O–H groups in total. The van der Waals surface area contributed by atoms with Gasteiger partial charge in [-0.1, -0.05) is 413 Å². The summed E-state index contributed by atoms with van der Waals surface area (Å²) in [6, 6.07) is 134. The Balaban J connectivity index is 0.000000116. The van der Waals surface area contributed by atoms with E-state index in [2.05, 4.69) is 390 Å². The zero-order valence-electron chi connectivity index (χ0n) is 61.8. The molecule has 0 aliphatic carbocycles. The van der Waals surface area contributed by atoms with E-state index >= 15 is 0 Å². The molecule has 0 aliphatic rings. The highest BCUT2D eigenvalue weighted by Crippen LogP contribution is 2.41. The van der Waals surface area contributed by atoms with Crippen LogP contribution in [0.5, 0.6) is 0 Å². The first kappa shape index (κ1) is 71.6. The Morgan fingerprint density at radius 3 is 0.663 bits per heavy atom. The first-order valence-electron chi connectivity index (χ1n) is 37.3. The monoisotopic (exact) mass is 1340 g/mol. The van der Waals surface area contributed by atoms with Crippen molar-refractivity contribution in [1.82, 2.24) is 0 Å². The smallest absolute Gasteiger partial charge is 0.00264 e. The van der Waals surface area contributed by atoms with Gasteiger partial charge in [-0.3, -0.25) is 0 Å². The molecule has 21 aromatic rings. The molecule has 104 heavy (non-hydrogen) atoms. The van der Waals surface area contributed by atoms with Crippen LogP contribution >= 0.6 is 0 Å². The Morgan fingerprint density at radius 2 is 0.337 bits per heavy atom. The summed E-state index contributed by atoms with van der Waals surface area (Å²) < 4.78 is 0. The third kappa shape index (κ3) is 14.9. The average molecular weight is 1340 g/mol. The van der Waals surface area contributed by atoms with Crippen molar-refractivity contribution in [3.8, 4) is 0 Å². The van der Waals surface area contributed by atoms with Gasteiger partial charge in [0.15, 0.2) is 0 Å². The first-order chi connectivity index (χ1) is 51.5. The van der Waals surface area contributed by atoms with E-state index in [1.165, 1.54) is 173 Å². The van der Waals surface area contributed by atoms with E-state index in [0.29, 0.717) is 0 Å². The van der Waals surface area contributed by atoms with Crippen molar-refractivity contribution in [3.05, 3.63) is 387 Å². The second-order valence-electron chi connectivity index (χ2n) is 25.0. The summed E-state index contributed by atoms with van der Waals surface area (Å²) in [5.41, 5.74) is 2.73. The lowest BCUT2D eigenvalue weighted by Crippen LogP contribution is -1.85. The molecule has 0 amide bonds. The number of hydrogen-bond donors (Lipinski definition) is 0. The quantitative estimate of drug-likeness (QED) is 0.105. The van der Waals surface area contributed by atoms with Crippen LogP contribution in [0.4, 0.5) is 0 Å². The molecule has 0 spiro atoms. The Labute approximate surface area is 614 Å². The Morgan fingerprint density at radius 1 is 0.125 bits per heavy atom. The van der Waals surface area contributed by atoms with Crippen molar-refractivity contribution in [1.29, 1.82) is 0 Å². The number of benzene rings is 21. The van der Waals surface area contributed by atoms with Crippen LogP contribution in [-0.4, -0.2) is 0 Å². The van der Waals surface area contributed by atoms with Gasteiger partial charge >= 0.3 is 0 Å². The van der Waals surface area contributed by atoms with Gasteiger partial charge in [-0.25, -0.2) is 0 Å². The number of hydrogen-bond acceptors (Lipinski definition) is 0. The molecule has 508 valence electrons. The maximum Gasteiger partial charge on any atom is -0.00264 e. The third-order valence-electron chi connectivity index (χ3n) is 19.3. The summed E-state index contributed by atoms with van der Waals surface area (Å²) in [5.74, 6) is 0.